The van der Waals surface area contributed by atoms with E-state index in [0.717, 1.165) is 0 Å². The van der Waals surface area contributed by atoms with Crippen molar-refractivity contribution in [2.45, 2.75) is 6.42 Å². The van der Waals surface area contributed by atoms with E-state index in [4.69, 9.17) is 27.6 Å². The number of nitrogens with one attached hydrogen (secondary N) is 2. The van der Waals surface area contributed by atoms with Crippen LogP contribution in [0, 0.1) is 0 Å². The lowest BCUT2D eigenvalue weighted by Crippen LogP contribution is -2.15. The lowest BCUT2D eigenvalue weighted by Gasteiger charge is -2.02. The number of thiazole rings is 2. The largest absolute Gasteiger partial charge is 0.459 e. The van der Waals surface area contributed by atoms with Gasteiger partial charge in [0, 0.05) is 21.3 Å². The molecule has 0 saturated carbocycles. The van der Waals surface area contributed by atoms with Crippen LogP contribution in [0.2, 0.25) is 10.0 Å². The fourth-order valence-corrected chi connectivity index (χ4v) is 4.31. The van der Waals surface area contributed by atoms with E-state index in [1.165, 1.54) is 28.9 Å². The first-order valence-electron chi connectivity index (χ1n) is 8.48. The van der Waals surface area contributed by atoms with Gasteiger partial charge in [0.05, 0.1) is 29.1 Å². The summed E-state index contributed by atoms with van der Waals surface area (Å²) in [6.45, 7) is 0. The van der Waals surface area contributed by atoms with Crippen LogP contribution >= 0.6 is 45.9 Å². The minimum Gasteiger partial charge on any atom is -0.459 e. The minimum absolute atomic E-state index is 0.0416. The molecule has 1 aromatic carbocycles. The first kappa shape index (κ1) is 20.5. The minimum atomic E-state index is -0.402. The molecular weight excluding hydrogens is 467 g/mol. The van der Waals surface area contributed by atoms with Crippen molar-refractivity contribution in [1.82, 2.24) is 9.97 Å². The summed E-state index contributed by atoms with van der Waals surface area (Å²) in [7, 11) is 0. The van der Waals surface area contributed by atoms with Crippen molar-refractivity contribution in [2.75, 3.05) is 10.6 Å². The summed E-state index contributed by atoms with van der Waals surface area (Å²) in [4.78, 5) is 33.0. The molecule has 0 spiro atoms. The normalized spacial score (nSPS) is 10.7. The predicted molar refractivity (Wildman–Crippen MR) is 119 cm³/mol. The molecule has 0 aliphatic rings. The lowest BCUT2D eigenvalue weighted by molar-refractivity contribution is -0.115. The van der Waals surface area contributed by atoms with Gasteiger partial charge in [0.1, 0.15) is 0 Å². The maximum Gasteiger partial charge on any atom is 0.293 e. The number of hydrogen-bond acceptors (Lipinski definition) is 7. The third-order valence-electron chi connectivity index (χ3n) is 3.81. The van der Waals surface area contributed by atoms with Gasteiger partial charge >= 0.3 is 0 Å². The molecule has 4 aromatic rings. The number of aromatic nitrogens is 2. The van der Waals surface area contributed by atoms with Crippen molar-refractivity contribution >= 4 is 68.0 Å². The number of halogens is 2. The second-order valence-electron chi connectivity index (χ2n) is 5.96. The number of amides is 2. The summed E-state index contributed by atoms with van der Waals surface area (Å²) >= 11 is 14.7. The Labute approximate surface area is 188 Å². The van der Waals surface area contributed by atoms with Crippen molar-refractivity contribution in [2.24, 2.45) is 0 Å². The summed E-state index contributed by atoms with van der Waals surface area (Å²) in [5.41, 5.74) is 1.85. The van der Waals surface area contributed by atoms with Gasteiger partial charge in [-0.15, -0.1) is 22.7 Å². The number of furan rings is 1. The Hall–Kier alpha value is -2.72. The summed E-state index contributed by atoms with van der Waals surface area (Å²) < 4.78 is 5.03. The van der Waals surface area contributed by atoms with Crippen molar-refractivity contribution < 1.29 is 14.0 Å². The number of carbonyl (C=O) groups excluding carboxylic acids is 2. The molecule has 3 aromatic heterocycles. The van der Waals surface area contributed by atoms with Crippen LogP contribution in [0.4, 0.5) is 10.3 Å². The summed E-state index contributed by atoms with van der Waals surface area (Å²) in [5, 5.41) is 10.8. The molecule has 0 radical (unpaired) electrons. The zero-order valence-corrected chi connectivity index (χ0v) is 18.2. The Morgan fingerprint density at radius 2 is 1.83 bits per heavy atom. The summed E-state index contributed by atoms with van der Waals surface area (Å²) in [6.07, 6.45) is 1.46. The van der Waals surface area contributed by atoms with Crippen LogP contribution in [0.1, 0.15) is 16.2 Å². The van der Waals surface area contributed by atoms with Crippen molar-refractivity contribution in [3.8, 4) is 11.3 Å². The zero-order valence-electron chi connectivity index (χ0n) is 15.0. The Morgan fingerprint density at radius 1 is 1.03 bits per heavy atom. The number of rotatable bonds is 6. The number of hydrogen-bond donors (Lipinski definition) is 2. The fraction of sp³-hybridized carbons (Fsp3) is 0.0526. The topological polar surface area (TPSA) is 97.1 Å². The molecule has 30 heavy (non-hydrogen) atoms. The van der Waals surface area contributed by atoms with Crippen molar-refractivity contribution in [1.29, 1.82) is 0 Å². The first-order valence-corrected chi connectivity index (χ1v) is 11.0. The zero-order chi connectivity index (χ0) is 21.1. The molecule has 11 heteroatoms. The van der Waals surface area contributed by atoms with E-state index in [0.29, 0.717) is 37.3 Å². The highest BCUT2D eigenvalue weighted by Gasteiger charge is 2.15. The average molecular weight is 479 g/mol. The Bertz CT molecular complexity index is 1200. The second-order valence-corrected chi connectivity index (χ2v) is 8.52. The highest BCUT2D eigenvalue weighted by molar-refractivity contribution is 7.14. The van der Waals surface area contributed by atoms with Gasteiger partial charge in [0.2, 0.25) is 5.91 Å². The summed E-state index contributed by atoms with van der Waals surface area (Å²) in [5.74, 6) is -0.494. The molecule has 152 valence electrons. The van der Waals surface area contributed by atoms with Crippen molar-refractivity contribution in [3.63, 3.8) is 0 Å². The average Bonchev–Trinajstić information content (AvgIpc) is 3.46. The van der Waals surface area contributed by atoms with Crippen LogP contribution < -0.4 is 10.6 Å². The van der Waals surface area contributed by atoms with Crippen LogP contribution in [0.5, 0.6) is 0 Å². The highest BCUT2D eigenvalue weighted by Crippen LogP contribution is 2.32. The van der Waals surface area contributed by atoms with E-state index in [-0.39, 0.29) is 18.1 Å². The van der Waals surface area contributed by atoms with Crippen LogP contribution in [0.15, 0.2) is 51.8 Å². The maximum absolute atomic E-state index is 12.3. The second kappa shape index (κ2) is 8.97. The van der Waals surface area contributed by atoms with E-state index in [9.17, 15) is 9.59 Å². The standard InChI is InChI=1S/C19H12Cl2N4O3S2/c20-10-3-4-13(21)12(6-10)14-9-30-19(23-14)24-16(26)7-11-8-29-18(22-11)25-17(27)15-2-1-5-28-15/h1-6,8-9H,7H2,(H,22,25,27)(H,23,24,26). The molecule has 7 nitrogen and oxygen atoms in total. The van der Waals surface area contributed by atoms with Crippen LogP contribution in [0.25, 0.3) is 11.3 Å². The molecule has 3 heterocycles. The fourth-order valence-electron chi connectivity index (χ4n) is 2.49. The number of nitrogens with zero attached hydrogens (tertiary/aromatic N) is 2. The Morgan fingerprint density at radius 3 is 2.63 bits per heavy atom. The Balaban J connectivity index is 1.36. The van der Waals surface area contributed by atoms with Gasteiger partial charge in [-0.1, -0.05) is 23.2 Å². The number of anilines is 2. The van der Waals surface area contributed by atoms with E-state index in [1.807, 2.05) is 0 Å². The van der Waals surface area contributed by atoms with E-state index in [2.05, 4.69) is 20.6 Å². The monoisotopic (exact) mass is 478 g/mol. The third kappa shape index (κ3) is 4.88. The molecule has 0 saturated heterocycles. The van der Waals surface area contributed by atoms with Gasteiger partial charge in [-0.25, -0.2) is 9.97 Å². The molecule has 4 rings (SSSR count). The Kier molecular flexibility index (Phi) is 6.14. The predicted octanol–water partition coefficient (Wildman–Crippen LogP) is 5.60. The van der Waals surface area contributed by atoms with Crippen molar-refractivity contribution in [3.05, 3.63) is 68.9 Å². The number of carbonyl (C=O) groups is 2. The molecule has 2 N–H and O–H groups in total. The molecule has 0 unspecified atom stereocenters. The van der Waals surface area contributed by atoms with Gasteiger partial charge in [0.25, 0.3) is 5.91 Å². The molecule has 0 aliphatic heterocycles. The molecule has 0 fully saturated rings. The SMILES string of the molecule is O=C(Cc1csc(NC(=O)c2ccco2)n1)Nc1nc(-c2cc(Cl)ccc2Cl)cs1. The molecule has 0 atom stereocenters. The summed E-state index contributed by atoms with van der Waals surface area (Å²) in [6, 6.07) is 8.29. The molecule has 0 bridgehead atoms. The van der Waals surface area contributed by atoms with Gasteiger partial charge in [0.15, 0.2) is 16.0 Å². The lowest BCUT2D eigenvalue weighted by atomic mass is 10.2. The van der Waals surface area contributed by atoms with Crippen LogP contribution in [0.3, 0.4) is 0 Å². The maximum atomic E-state index is 12.3. The van der Waals surface area contributed by atoms with Gasteiger partial charge in [-0.3, -0.25) is 14.9 Å². The smallest absolute Gasteiger partial charge is 0.293 e. The van der Waals surface area contributed by atoms with Crippen LogP contribution in [-0.4, -0.2) is 21.8 Å². The van der Waals surface area contributed by atoms with E-state index < -0.39 is 5.91 Å². The molecule has 2 amide bonds. The van der Waals surface area contributed by atoms with Gasteiger partial charge < -0.3 is 9.73 Å². The van der Waals surface area contributed by atoms with Gasteiger partial charge in [-0.2, -0.15) is 0 Å². The van der Waals surface area contributed by atoms with Gasteiger partial charge in [-0.05, 0) is 30.3 Å². The van der Waals surface area contributed by atoms with Crippen LogP contribution in [-0.2, 0) is 11.2 Å². The molecular formula is C19H12Cl2N4O3S2. The molecule has 0 aliphatic carbocycles. The number of benzene rings is 1. The van der Waals surface area contributed by atoms with E-state index in [1.54, 1.807) is 41.1 Å². The van der Waals surface area contributed by atoms with E-state index >= 15 is 0 Å². The third-order valence-corrected chi connectivity index (χ3v) is 5.94. The first-order chi connectivity index (χ1) is 14.5. The quantitative estimate of drug-likeness (QED) is 0.375. The highest BCUT2D eigenvalue weighted by atomic mass is 35.5.